The van der Waals surface area contributed by atoms with Crippen LogP contribution < -0.4 is 15.0 Å². The van der Waals surface area contributed by atoms with Crippen molar-refractivity contribution in [3.05, 3.63) is 54.2 Å². The average Bonchev–Trinajstić information content (AvgIpc) is 2.62. The molecule has 3 rings (SSSR count). The first-order chi connectivity index (χ1) is 11.3. The van der Waals surface area contributed by atoms with Gasteiger partial charge in [-0.2, -0.15) is 0 Å². The topological polar surface area (TPSA) is 54.5 Å². The van der Waals surface area contributed by atoms with Gasteiger partial charge in [-0.3, -0.25) is 4.79 Å². The summed E-state index contributed by atoms with van der Waals surface area (Å²) in [5.74, 6) is 1.47. The Kier molecular flexibility index (Phi) is 4.76. The Bertz CT molecular complexity index is 660. The molecule has 1 saturated heterocycles. The van der Waals surface area contributed by atoms with Crippen LogP contribution in [-0.4, -0.2) is 37.1 Å². The van der Waals surface area contributed by atoms with Crippen LogP contribution >= 0.6 is 0 Å². The number of rotatable bonds is 4. The molecule has 1 unspecified atom stereocenters. The maximum atomic E-state index is 12.5. The maximum absolute atomic E-state index is 12.5. The summed E-state index contributed by atoms with van der Waals surface area (Å²) in [6, 6.07) is 13.3. The molecule has 0 spiro atoms. The van der Waals surface area contributed by atoms with Crippen LogP contribution in [0.5, 0.6) is 5.75 Å². The fourth-order valence-electron chi connectivity index (χ4n) is 2.94. The first kappa shape index (κ1) is 15.3. The van der Waals surface area contributed by atoms with Crippen molar-refractivity contribution in [2.75, 3.05) is 25.1 Å². The highest BCUT2D eigenvalue weighted by Crippen LogP contribution is 2.20. The fraction of sp³-hybridized carbons (Fsp3) is 0.333. The van der Waals surface area contributed by atoms with Gasteiger partial charge in [-0.15, -0.1) is 0 Å². The second-order valence-corrected chi connectivity index (χ2v) is 5.65. The molecule has 0 radical (unpaired) electrons. The van der Waals surface area contributed by atoms with E-state index in [1.165, 1.54) is 0 Å². The van der Waals surface area contributed by atoms with E-state index in [9.17, 15) is 4.79 Å². The van der Waals surface area contributed by atoms with E-state index in [1.54, 1.807) is 25.4 Å². The predicted molar refractivity (Wildman–Crippen MR) is 89.9 cm³/mol. The summed E-state index contributed by atoms with van der Waals surface area (Å²) in [5.41, 5.74) is 0.574. The highest BCUT2D eigenvalue weighted by molar-refractivity contribution is 5.97. The summed E-state index contributed by atoms with van der Waals surface area (Å²) in [7, 11) is 1.58. The molecule has 1 fully saturated rings. The van der Waals surface area contributed by atoms with Crippen molar-refractivity contribution in [1.29, 1.82) is 0 Å². The Labute approximate surface area is 136 Å². The molecule has 0 saturated carbocycles. The minimum atomic E-state index is -0.0877. The minimum absolute atomic E-state index is 0.0877. The molecule has 1 aromatic heterocycles. The second-order valence-electron chi connectivity index (χ2n) is 5.65. The van der Waals surface area contributed by atoms with E-state index in [4.69, 9.17) is 4.74 Å². The molecule has 0 bridgehead atoms. The summed E-state index contributed by atoms with van der Waals surface area (Å²) >= 11 is 0. The number of nitrogens with one attached hydrogen (secondary N) is 1. The molecule has 1 N–H and O–H groups in total. The molecular weight excluding hydrogens is 290 g/mol. The average molecular weight is 311 g/mol. The van der Waals surface area contributed by atoms with Crippen molar-refractivity contribution in [3.8, 4) is 5.75 Å². The van der Waals surface area contributed by atoms with Crippen LogP contribution in [0.4, 0.5) is 5.82 Å². The van der Waals surface area contributed by atoms with Crippen LogP contribution in [0.25, 0.3) is 0 Å². The van der Waals surface area contributed by atoms with E-state index < -0.39 is 0 Å². The quantitative estimate of drug-likeness (QED) is 0.942. The summed E-state index contributed by atoms with van der Waals surface area (Å²) in [4.78, 5) is 19.1. The highest BCUT2D eigenvalue weighted by atomic mass is 16.5. The summed E-state index contributed by atoms with van der Waals surface area (Å²) in [6.07, 6.45) is 3.81. The van der Waals surface area contributed by atoms with Crippen molar-refractivity contribution in [1.82, 2.24) is 10.3 Å². The number of para-hydroxylation sites is 1. The number of hydrogen-bond acceptors (Lipinski definition) is 4. The summed E-state index contributed by atoms with van der Waals surface area (Å²) < 4.78 is 5.26. The van der Waals surface area contributed by atoms with E-state index in [1.807, 2.05) is 30.3 Å². The van der Waals surface area contributed by atoms with Crippen LogP contribution in [0, 0.1) is 0 Å². The second kappa shape index (κ2) is 7.13. The molecule has 120 valence electrons. The zero-order valence-corrected chi connectivity index (χ0v) is 13.2. The van der Waals surface area contributed by atoms with Crippen molar-refractivity contribution >= 4 is 11.7 Å². The van der Waals surface area contributed by atoms with E-state index in [-0.39, 0.29) is 11.9 Å². The molecule has 2 aromatic rings. The Hall–Kier alpha value is -2.56. The number of nitrogens with zero attached hydrogens (tertiary/aromatic N) is 2. The number of carbonyl (C=O) groups is 1. The number of hydrogen-bond donors (Lipinski definition) is 1. The van der Waals surface area contributed by atoms with Crippen LogP contribution in [0.1, 0.15) is 23.2 Å². The minimum Gasteiger partial charge on any atom is -0.496 e. The third-order valence-electron chi connectivity index (χ3n) is 4.08. The largest absolute Gasteiger partial charge is 0.496 e. The zero-order chi connectivity index (χ0) is 16.1. The third-order valence-corrected chi connectivity index (χ3v) is 4.08. The molecule has 0 aliphatic carbocycles. The first-order valence-electron chi connectivity index (χ1n) is 7.88. The molecule has 5 nitrogen and oxygen atoms in total. The summed E-state index contributed by atoms with van der Waals surface area (Å²) in [5, 5.41) is 3.12. The van der Waals surface area contributed by atoms with Gasteiger partial charge in [0.05, 0.1) is 12.7 Å². The number of ether oxygens (including phenoxy) is 1. The SMILES string of the molecule is COc1ccccc1C(=O)NC1CCCN(c2ccccn2)C1. The number of carbonyl (C=O) groups excluding carboxylic acids is 1. The lowest BCUT2D eigenvalue weighted by molar-refractivity contribution is 0.0930. The first-order valence-corrected chi connectivity index (χ1v) is 7.88. The Morgan fingerprint density at radius 1 is 1.26 bits per heavy atom. The number of pyridine rings is 1. The van der Waals surface area contributed by atoms with Gasteiger partial charge >= 0.3 is 0 Å². The lowest BCUT2D eigenvalue weighted by atomic mass is 10.0. The molecule has 1 atom stereocenters. The van der Waals surface area contributed by atoms with Crippen LogP contribution in [-0.2, 0) is 0 Å². The number of amides is 1. The molecular formula is C18H21N3O2. The van der Waals surface area contributed by atoms with Crippen molar-refractivity contribution in [3.63, 3.8) is 0 Å². The molecule has 2 heterocycles. The molecule has 1 amide bonds. The van der Waals surface area contributed by atoms with Crippen molar-refractivity contribution < 1.29 is 9.53 Å². The zero-order valence-electron chi connectivity index (χ0n) is 13.2. The van der Waals surface area contributed by atoms with Crippen LogP contribution in [0.15, 0.2) is 48.7 Å². The maximum Gasteiger partial charge on any atom is 0.255 e. The lowest BCUT2D eigenvalue weighted by Gasteiger charge is -2.34. The van der Waals surface area contributed by atoms with Gasteiger partial charge in [-0.05, 0) is 37.1 Å². The monoisotopic (exact) mass is 311 g/mol. The summed E-state index contributed by atoms with van der Waals surface area (Å²) in [6.45, 7) is 1.75. The van der Waals surface area contributed by atoms with E-state index in [0.717, 1.165) is 31.7 Å². The molecule has 1 aliphatic rings. The van der Waals surface area contributed by atoms with Gasteiger partial charge in [0.2, 0.25) is 0 Å². The molecule has 5 heteroatoms. The van der Waals surface area contributed by atoms with Crippen LogP contribution in [0.3, 0.4) is 0 Å². The normalized spacial score (nSPS) is 17.6. The van der Waals surface area contributed by atoms with Gasteiger partial charge in [0.15, 0.2) is 0 Å². The van der Waals surface area contributed by atoms with Gasteiger partial charge < -0.3 is 15.0 Å². The number of methoxy groups -OCH3 is 1. The lowest BCUT2D eigenvalue weighted by Crippen LogP contribution is -2.48. The standard InChI is InChI=1S/C18H21N3O2/c1-23-16-9-3-2-8-15(16)18(22)20-14-7-6-12-21(13-14)17-10-4-5-11-19-17/h2-5,8-11,14H,6-7,12-13H2,1H3,(H,20,22). The smallest absolute Gasteiger partial charge is 0.255 e. The number of aromatic nitrogens is 1. The van der Waals surface area contributed by atoms with E-state index in [0.29, 0.717) is 11.3 Å². The van der Waals surface area contributed by atoms with Crippen molar-refractivity contribution in [2.45, 2.75) is 18.9 Å². The third kappa shape index (κ3) is 3.62. The van der Waals surface area contributed by atoms with Crippen molar-refractivity contribution in [2.24, 2.45) is 0 Å². The number of piperidine rings is 1. The number of benzene rings is 1. The van der Waals surface area contributed by atoms with Crippen LogP contribution in [0.2, 0.25) is 0 Å². The Morgan fingerprint density at radius 2 is 2.09 bits per heavy atom. The molecule has 23 heavy (non-hydrogen) atoms. The fourth-order valence-corrected chi connectivity index (χ4v) is 2.94. The van der Waals surface area contributed by atoms with Gasteiger partial charge in [0, 0.05) is 25.3 Å². The van der Waals surface area contributed by atoms with Gasteiger partial charge in [-0.25, -0.2) is 4.98 Å². The van der Waals surface area contributed by atoms with Gasteiger partial charge in [-0.1, -0.05) is 18.2 Å². The molecule has 1 aliphatic heterocycles. The Morgan fingerprint density at radius 3 is 2.87 bits per heavy atom. The number of anilines is 1. The van der Waals surface area contributed by atoms with Gasteiger partial charge in [0.25, 0.3) is 5.91 Å². The van der Waals surface area contributed by atoms with E-state index in [2.05, 4.69) is 15.2 Å². The van der Waals surface area contributed by atoms with Gasteiger partial charge in [0.1, 0.15) is 11.6 Å². The van der Waals surface area contributed by atoms with E-state index >= 15 is 0 Å². The predicted octanol–water partition coefficient (Wildman–Crippen LogP) is 2.49. The molecule has 1 aromatic carbocycles. The Balaban J connectivity index is 1.67. The highest BCUT2D eigenvalue weighted by Gasteiger charge is 2.23.